The molecule has 0 aliphatic carbocycles. The van der Waals surface area contributed by atoms with Crippen molar-refractivity contribution in [2.24, 2.45) is 0 Å². The van der Waals surface area contributed by atoms with Crippen molar-refractivity contribution in [3.8, 4) is 0 Å². The van der Waals surface area contributed by atoms with Gasteiger partial charge in [0.25, 0.3) is 0 Å². The highest BCUT2D eigenvalue weighted by Crippen LogP contribution is 2.05. The predicted molar refractivity (Wildman–Crippen MR) is 51.8 cm³/mol. The average molecular weight is 191 g/mol. The predicted octanol–water partition coefficient (Wildman–Crippen LogP) is 1.52. The maximum atomic E-state index is 11.2. The van der Waals surface area contributed by atoms with Gasteiger partial charge in [0.05, 0.1) is 12.2 Å². The van der Waals surface area contributed by atoms with Crippen molar-refractivity contribution >= 4 is 12.3 Å². The first-order valence-electron chi connectivity index (χ1n) is 4.39. The van der Waals surface area contributed by atoms with E-state index in [1.807, 2.05) is 0 Å². The summed E-state index contributed by atoms with van der Waals surface area (Å²) in [6, 6.07) is 6.73. The normalized spacial score (nSPS) is 9.50. The van der Waals surface area contributed by atoms with Crippen LogP contribution in [0.15, 0.2) is 24.3 Å². The van der Waals surface area contributed by atoms with Crippen LogP contribution in [-0.2, 0) is 16.0 Å². The van der Waals surface area contributed by atoms with E-state index in [0.29, 0.717) is 12.2 Å². The highest BCUT2D eigenvalue weighted by Gasteiger charge is 2.04. The fourth-order valence-corrected chi connectivity index (χ4v) is 1.06. The first-order chi connectivity index (χ1) is 6.77. The van der Waals surface area contributed by atoms with Gasteiger partial charge in [0.1, 0.15) is 0 Å². The molecule has 1 aromatic rings. The minimum absolute atomic E-state index is 0.253. The van der Waals surface area contributed by atoms with Crippen LogP contribution < -0.4 is 0 Å². The summed E-state index contributed by atoms with van der Waals surface area (Å²) < 4.78 is 4.81. The summed E-state index contributed by atoms with van der Waals surface area (Å²) in [6.45, 7) is 2.12. The topological polar surface area (TPSA) is 43.4 Å². The van der Waals surface area contributed by atoms with Gasteiger partial charge in [-0.2, -0.15) is 0 Å². The molecular weight excluding hydrogens is 180 g/mol. The van der Waals surface area contributed by atoms with E-state index in [9.17, 15) is 9.59 Å². The van der Waals surface area contributed by atoms with E-state index in [4.69, 9.17) is 4.74 Å². The second-order valence-corrected chi connectivity index (χ2v) is 2.74. The van der Waals surface area contributed by atoms with E-state index in [1.54, 1.807) is 37.5 Å². The van der Waals surface area contributed by atoms with Gasteiger partial charge in [0.2, 0.25) is 6.29 Å². The molecule has 0 spiro atoms. The largest absolute Gasteiger partial charge is 0.462 e. The van der Waals surface area contributed by atoms with Crippen LogP contribution >= 0.6 is 0 Å². The summed E-state index contributed by atoms with van der Waals surface area (Å²) in [7, 11) is 0. The van der Waals surface area contributed by atoms with Gasteiger partial charge in [-0.05, 0) is 24.6 Å². The molecule has 14 heavy (non-hydrogen) atoms. The smallest absolute Gasteiger partial charge is 0.338 e. The van der Waals surface area contributed by atoms with Crippen LogP contribution in [0.5, 0.6) is 0 Å². The summed E-state index contributed by atoms with van der Waals surface area (Å²) >= 11 is 0. The molecule has 0 N–H and O–H groups in total. The zero-order chi connectivity index (χ0) is 10.4. The summed E-state index contributed by atoms with van der Waals surface area (Å²) in [6.07, 6.45) is 2.04. The van der Waals surface area contributed by atoms with Crippen LogP contribution in [0.3, 0.4) is 0 Å². The van der Waals surface area contributed by atoms with Gasteiger partial charge >= 0.3 is 5.97 Å². The lowest BCUT2D eigenvalue weighted by atomic mass is 10.1. The zero-order valence-electron chi connectivity index (χ0n) is 7.95. The third kappa shape index (κ3) is 2.69. The SMILES string of the molecule is CCOC(=O)c1ccc(C[C]=O)cc1. The van der Waals surface area contributed by atoms with Crippen molar-refractivity contribution in [1.82, 2.24) is 0 Å². The molecule has 1 aromatic carbocycles. The van der Waals surface area contributed by atoms with Crippen molar-refractivity contribution in [3.05, 3.63) is 35.4 Å². The number of benzene rings is 1. The minimum Gasteiger partial charge on any atom is -0.462 e. The number of hydrogen-bond acceptors (Lipinski definition) is 3. The van der Waals surface area contributed by atoms with E-state index >= 15 is 0 Å². The number of esters is 1. The van der Waals surface area contributed by atoms with Gasteiger partial charge < -0.3 is 4.74 Å². The molecule has 0 saturated heterocycles. The number of hydrogen-bond donors (Lipinski definition) is 0. The molecule has 0 fully saturated rings. The molecule has 0 aliphatic heterocycles. The Bertz CT molecular complexity index is 314. The highest BCUT2D eigenvalue weighted by molar-refractivity contribution is 5.89. The molecule has 73 valence electrons. The minimum atomic E-state index is -0.339. The lowest BCUT2D eigenvalue weighted by molar-refractivity contribution is 0.0526. The fraction of sp³-hybridized carbons (Fsp3) is 0.273. The summed E-state index contributed by atoms with van der Waals surface area (Å²) in [5, 5.41) is 0. The van der Waals surface area contributed by atoms with Crippen molar-refractivity contribution < 1.29 is 14.3 Å². The van der Waals surface area contributed by atoms with Crippen LogP contribution in [0.4, 0.5) is 0 Å². The van der Waals surface area contributed by atoms with Crippen molar-refractivity contribution in [2.75, 3.05) is 6.61 Å². The second-order valence-electron chi connectivity index (χ2n) is 2.74. The monoisotopic (exact) mass is 191 g/mol. The van der Waals surface area contributed by atoms with E-state index in [0.717, 1.165) is 5.56 Å². The molecule has 3 heteroatoms. The Morgan fingerprint density at radius 3 is 2.50 bits per heavy atom. The Labute approximate surface area is 82.7 Å². The first-order valence-corrected chi connectivity index (χ1v) is 4.39. The maximum Gasteiger partial charge on any atom is 0.338 e. The van der Waals surface area contributed by atoms with Crippen molar-refractivity contribution in [1.29, 1.82) is 0 Å². The van der Waals surface area contributed by atoms with Crippen LogP contribution in [0.25, 0.3) is 0 Å². The lowest BCUT2D eigenvalue weighted by Gasteiger charge is -2.01. The average Bonchev–Trinajstić information content (AvgIpc) is 2.20. The van der Waals surface area contributed by atoms with E-state index in [-0.39, 0.29) is 12.4 Å². The van der Waals surface area contributed by atoms with E-state index < -0.39 is 0 Å². The Kier molecular flexibility index (Phi) is 3.85. The van der Waals surface area contributed by atoms with Crippen LogP contribution in [0.1, 0.15) is 22.8 Å². The molecule has 0 heterocycles. The van der Waals surface area contributed by atoms with Crippen LogP contribution in [0.2, 0.25) is 0 Å². The molecule has 1 rings (SSSR count). The van der Waals surface area contributed by atoms with Gasteiger partial charge in [-0.25, -0.2) is 4.79 Å². The molecule has 0 bridgehead atoms. The zero-order valence-corrected chi connectivity index (χ0v) is 7.95. The summed E-state index contributed by atoms with van der Waals surface area (Å²) in [5.74, 6) is -0.339. The third-order valence-electron chi connectivity index (χ3n) is 1.74. The van der Waals surface area contributed by atoms with Gasteiger partial charge in [0.15, 0.2) is 0 Å². The molecule has 0 unspecified atom stereocenters. The van der Waals surface area contributed by atoms with E-state index in [1.165, 1.54) is 0 Å². The van der Waals surface area contributed by atoms with Gasteiger partial charge in [-0.1, -0.05) is 12.1 Å². The van der Waals surface area contributed by atoms with Crippen LogP contribution in [0, 0.1) is 0 Å². The summed E-state index contributed by atoms with van der Waals surface area (Å²) in [4.78, 5) is 21.3. The highest BCUT2D eigenvalue weighted by atomic mass is 16.5. The number of ether oxygens (including phenoxy) is 1. The third-order valence-corrected chi connectivity index (χ3v) is 1.74. The molecule has 0 saturated carbocycles. The lowest BCUT2D eigenvalue weighted by Crippen LogP contribution is -2.04. The molecule has 0 amide bonds. The number of rotatable bonds is 4. The Balaban J connectivity index is 2.72. The fourth-order valence-electron chi connectivity index (χ4n) is 1.06. The molecule has 3 nitrogen and oxygen atoms in total. The number of carbonyl (C=O) groups is 1. The maximum absolute atomic E-state index is 11.2. The first kappa shape index (κ1) is 10.4. The van der Waals surface area contributed by atoms with Gasteiger partial charge in [-0.15, -0.1) is 0 Å². The Morgan fingerprint density at radius 2 is 2.00 bits per heavy atom. The molecule has 1 radical (unpaired) electrons. The van der Waals surface area contributed by atoms with Crippen LogP contribution in [-0.4, -0.2) is 18.9 Å². The molecule has 0 aromatic heterocycles. The van der Waals surface area contributed by atoms with Crippen molar-refractivity contribution in [2.45, 2.75) is 13.3 Å². The number of carbonyl (C=O) groups excluding carboxylic acids is 2. The van der Waals surface area contributed by atoms with E-state index in [2.05, 4.69) is 0 Å². The van der Waals surface area contributed by atoms with Gasteiger partial charge in [0, 0.05) is 6.42 Å². The molecule has 0 aliphatic rings. The molecular formula is C11H11O3. The van der Waals surface area contributed by atoms with Gasteiger partial charge in [-0.3, -0.25) is 4.79 Å². The Morgan fingerprint density at radius 1 is 1.36 bits per heavy atom. The standard InChI is InChI=1S/C11H11O3/c1-2-14-11(13)10-5-3-9(4-6-10)7-8-12/h3-6H,2,7H2,1H3. The molecule has 0 atom stereocenters. The van der Waals surface area contributed by atoms with Crippen molar-refractivity contribution in [3.63, 3.8) is 0 Å². The second kappa shape index (κ2) is 5.17. The quantitative estimate of drug-likeness (QED) is 0.677. The Hall–Kier alpha value is -1.64. The summed E-state index contributed by atoms with van der Waals surface area (Å²) in [5.41, 5.74) is 1.34.